The number of hydrogen-bond donors (Lipinski definition) is 10. The van der Waals surface area contributed by atoms with Gasteiger partial charge in [-0.2, -0.15) is 0 Å². The van der Waals surface area contributed by atoms with Crippen LogP contribution in [0.5, 0.6) is 5.75 Å². The van der Waals surface area contributed by atoms with Crippen molar-refractivity contribution in [3.05, 3.63) is 94.2 Å². The Balaban J connectivity index is 1.20. The first kappa shape index (κ1) is 86.4. The zero-order chi connectivity index (χ0) is 80.2. The number of ether oxygens (including phenoxy) is 5. The van der Waals surface area contributed by atoms with Crippen LogP contribution in [0.2, 0.25) is 0 Å². The number of sulfonamides is 1. The van der Waals surface area contributed by atoms with E-state index in [-0.39, 0.29) is 75.0 Å². The molecular weight excluding hydrogens is 1410 g/mol. The molecule has 4 aromatic rings. The lowest BCUT2D eigenvalue weighted by molar-refractivity contribution is -0.157. The molecule has 2 fully saturated rings. The third-order valence-corrected chi connectivity index (χ3v) is 20.3. The zero-order valence-corrected chi connectivity index (χ0v) is 66.6. The maximum atomic E-state index is 15.5. The predicted molar refractivity (Wildman–Crippen MR) is 406 cm³/mol. The number of carboxylic acid groups (broad SMARTS) is 1. The number of aromatic nitrogens is 1. The molecule has 29 nitrogen and oxygen atoms in total. The summed E-state index contributed by atoms with van der Waals surface area (Å²) in [5.41, 5.74) is 5.98. The largest absolute Gasteiger partial charge is 0.487 e. The molecule has 0 radical (unpaired) electrons. The third-order valence-electron chi connectivity index (χ3n) is 18.6. The van der Waals surface area contributed by atoms with Gasteiger partial charge in [0.2, 0.25) is 35.5 Å². The van der Waals surface area contributed by atoms with E-state index in [0.717, 1.165) is 10.5 Å². The van der Waals surface area contributed by atoms with E-state index in [9.17, 15) is 52.2 Å². The number of guanidine groups is 1. The van der Waals surface area contributed by atoms with E-state index < -0.39 is 147 Å². The lowest BCUT2D eigenvalue weighted by Crippen LogP contribution is -2.58. The van der Waals surface area contributed by atoms with Crippen LogP contribution >= 0.6 is 0 Å². The van der Waals surface area contributed by atoms with Gasteiger partial charge in [-0.15, -0.1) is 0 Å². The van der Waals surface area contributed by atoms with Crippen LogP contribution in [0.4, 0.5) is 9.59 Å². The molecule has 0 unspecified atom stereocenters. The number of aliphatic carboxylic acids is 1. The summed E-state index contributed by atoms with van der Waals surface area (Å²) >= 11 is 0. The Morgan fingerprint density at radius 1 is 0.713 bits per heavy atom. The fraction of sp³-hybridized carbons (Fsp3) is 0.615. The minimum Gasteiger partial charge on any atom is -0.487 e. The minimum absolute atomic E-state index is 0.0198. The molecule has 3 aliphatic rings. The number of rotatable bonds is 30. The smallest absolute Gasteiger partial charge is 0.419 e. The van der Waals surface area contributed by atoms with Crippen molar-refractivity contribution in [1.29, 1.82) is 0 Å². The molecule has 1 saturated heterocycles. The summed E-state index contributed by atoms with van der Waals surface area (Å²) in [6.45, 7) is 28.7. The molecule has 1 aliphatic carbocycles. The van der Waals surface area contributed by atoms with Gasteiger partial charge in [-0.1, -0.05) is 48.5 Å². The molecule has 3 heterocycles. The molecule has 11 N–H and O–H groups in total. The number of aliphatic hydroxyl groups is 1. The van der Waals surface area contributed by atoms with Crippen LogP contribution in [0.15, 0.2) is 70.7 Å². The molecule has 3 aromatic carbocycles. The fourth-order valence-electron chi connectivity index (χ4n) is 13.7. The molecular formula is C78H115N11O18S. The van der Waals surface area contributed by atoms with Gasteiger partial charge in [0, 0.05) is 56.0 Å². The average molecular weight is 1530 g/mol. The highest BCUT2D eigenvalue weighted by molar-refractivity contribution is 7.90. The number of carboxylic acids is 1. The second kappa shape index (κ2) is 36.1. The average Bonchev–Trinajstić information content (AvgIpc) is 1.54. The van der Waals surface area contributed by atoms with Gasteiger partial charge >= 0.3 is 24.1 Å². The van der Waals surface area contributed by atoms with Crippen molar-refractivity contribution in [3.63, 3.8) is 0 Å². The molecule has 596 valence electrons. The number of amides is 6. The number of benzene rings is 3. The van der Waals surface area contributed by atoms with E-state index in [1.54, 1.807) is 138 Å². The maximum Gasteiger partial charge on any atom is 0.419 e. The van der Waals surface area contributed by atoms with Crippen LogP contribution in [0.1, 0.15) is 195 Å². The number of nitrogens with two attached hydrogens (primary N) is 1. The Labute approximate surface area is 634 Å². The van der Waals surface area contributed by atoms with Crippen LogP contribution < -0.4 is 47.1 Å². The molecule has 108 heavy (non-hydrogen) atoms. The van der Waals surface area contributed by atoms with E-state index in [2.05, 4.69) is 41.6 Å². The minimum atomic E-state index is -4.35. The molecule has 1 saturated carbocycles. The summed E-state index contributed by atoms with van der Waals surface area (Å²) in [7, 11) is -4.35. The van der Waals surface area contributed by atoms with Crippen molar-refractivity contribution in [2.24, 2.45) is 16.6 Å². The Morgan fingerprint density at radius 3 is 1.94 bits per heavy atom. The number of carbonyl (C=O) groups is 9. The molecule has 0 bridgehead atoms. The Bertz CT molecular complexity index is 4050. The highest BCUT2D eigenvalue weighted by atomic mass is 32.2. The van der Waals surface area contributed by atoms with Crippen LogP contribution in [-0.2, 0) is 81.8 Å². The Kier molecular flexibility index (Phi) is 28.9. The molecule has 7 atom stereocenters. The van der Waals surface area contributed by atoms with Gasteiger partial charge in [-0.05, 0) is 222 Å². The van der Waals surface area contributed by atoms with Gasteiger partial charge < -0.3 is 71.5 Å². The first-order valence-corrected chi connectivity index (χ1v) is 38.7. The number of hydrogen-bond acceptors (Lipinski definition) is 19. The molecule has 2 aliphatic heterocycles. The lowest BCUT2D eigenvalue weighted by atomic mass is 9.83. The predicted octanol–water partition coefficient (Wildman–Crippen LogP) is 7.28. The van der Waals surface area contributed by atoms with E-state index in [0.29, 0.717) is 89.5 Å². The van der Waals surface area contributed by atoms with E-state index in [1.165, 1.54) is 10.8 Å². The van der Waals surface area contributed by atoms with Crippen molar-refractivity contribution < 1.29 is 85.5 Å². The summed E-state index contributed by atoms with van der Waals surface area (Å²) in [5.74, 6) is -6.17. The van der Waals surface area contributed by atoms with Gasteiger partial charge in [0.05, 0.1) is 34.3 Å². The van der Waals surface area contributed by atoms with Gasteiger partial charge in [0.15, 0.2) is 0 Å². The maximum absolute atomic E-state index is 15.5. The van der Waals surface area contributed by atoms with Gasteiger partial charge in [0.1, 0.15) is 64.9 Å². The summed E-state index contributed by atoms with van der Waals surface area (Å²) in [6, 6.07) is 7.27. The second-order valence-corrected chi connectivity index (χ2v) is 34.8. The summed E-state index contributed by atoms with van der Waals surface area (Å²) < 4.78 is 61.6. The van der Waals surface area contributed by atoms with Crippen LogP contribution in [-0.4, -0.2) is 190 Å². The number of esters is 1. The monoisotopic (exact) mass is 1530 g/mol. The molecule has 7 rings (SSSR count). The topological polar surface area (TPSA) is 405 Å². The number of fused-ring (bicyclic) bond motifs is 2. The Hall–Kier alpha value is -8.87. The number of aliphatic hydroxyl groups excluding tert-OH is 1. The first-order chi connectivity index (χ1) is 50.2. The molecule has 30 heteroatoms. The first-order valence-electron chi connectivity index (χ1n) is 37.2. The summed E-state index contributed by atoms with van der Waals surface area (Å²) in [6.07, 6.45) is 0.691. The number of para-hydroxylation sites is 1. The van der Waals surface area contributed by atoms with Crippen LogP contribution in [0.25, 0.3) is 10.9 Å². The Morgan fingerprint density at radius 2 is 1.31 bits per heavy atom. The van der Waals surface area contributed by atoms with E-state index in [1.807, 2.05) is 34.6 Å². The number of nitrogens with one attached hydrogen (secondary N) is 7. The van der Waals surface area contributed by atoms with E-state index >= 15 is 9.59 Å². The fourth-order valence-corrected chi connectivity index (χ4v) is 15.2. The zero-order valence-electron chi connectivity index (χ0n) is 65.7. The SMILES string of the molecule is Cc1c(C)c(S(=O)(=O)NC(N)=NCCC[C@H](NC(=O)[C@H](Cc2cn(C(=O)OC(C)(C)C)c3ccccc23)NC(=O)[C@@H](CC2CCC(O)CC2)NC(=O)[C@@H]2C[C@@H](OC(C)(C)C)CN2)C(=O)NCCC[C@H](NC(=O)[C@H](Cc2ccccc2)N(CC(=O)OC(C)(C)C)C(=O)OC(C)(C)C)C(=O)O)c(C)c2c1OC(C)(C)C2. The quantitative estimate of drug-likeness (QED) is 0.00806. The second-order valence-electron chi connectivity index (χ2n) is 33.2. The van der Waals surface area contributed by atoms with Crippen molar-refractivity contribution in [3.8, 4) is 5.75 Å². The number of aliphatic imine (C=N–C) groups is 1. The number of carbonyl (C=O) groups excluding carboxylic acids is 8. The van der Waals surface area contributed by atoms with Crippen molar-refractivity contribution in [1.82, 2.24) is 46.1 Å². The standard InChI is InChI=1S/C78H115N11O18S/c1-45-46(2)64(47(3)54-41-78(16,17)105-63(45)54)108(101,102)87-71(79)81-36-23-28-55(65(92)80-35-24-29-56(70(97)98)84-69(96)61(38-48-25-19-18-20-26-48)89(73(100)107-77(13,14)15)44-62(91)104-75(7,8)9)83-68(95)59(39-50-43-88(72(99)106-76(10,11)12)60-30-22-21-27-53(50)60)86-67(94)58(37-49-31-33-51(90)34-32-49)85-66(93)57-40-52(42-82-57)103-74(4,5)6/h18-22,25-27,30,43,49,51-52,55-59,61,82,90H,23-24,28-29,31-42,44H2,1-17H3,(H,80,92)(H,83,95)(H,84,96)(H,85,93)(H,86,94)(H,97,98)(H3,79,81,87)/t49?,51?,52-,55+,56+,57+,58-,59+,61+/m1/s1. The lowest BCUT2D eigenvalue weighted by Gasteiger charge is -2.33. The van der Waals surface area contributed by atoms with Crippen molar-refractivity contribution in [2.75, 3.05) is 26.2 Å². The summed E-state index contributed by atoms with van der Waals surface area (Å²) in [4.78, 5) is 134. The van der Waals surface area contributed by atoms with Gasteiger partial charge in [0.25, 0.3) is 10.0 Å². The van der Waals surface area contributed by atoms with Gasteiger partial charge in [-0.3, -0.25) is 43.2 Å². The molecule has 1 aromatic heterocycles. The normalized spacial score (nSPS) is 18.9. The molecule has 6 amide bonds. The highest BCUT2D eigenvalue weighted by Gasteiger charge is 2.42. The van der Waals surface area contributed by atoms with Gasteiger partial charge in [-0.25, -0.2) is 27.5 Å². The van der Waals surface area contributed by atoms with Crippen molar-refractivity contribution in [2.45, 2.75) is 283 Å². The summed E-state index contributed by atoms with van der Waals surface area (Å²) in [5, 5.41) is 38.9. The third kappa shape index (κ3) is 25.4. The highest BCUT2D eigenvalue weighted by Crippen LogP contribution is 2.44. The number of nitrogens with zero attached hydrogens (tertiary/aromatic N) is 3. The van der Waals surface area contributed by atoms with Crippen molar-refractivity contribution >= 4 is 80.5 Å². The van der Waals surface area contributed by atoms with Crippen LogP contribution in [0, 0.1) is 26.7 Å². The van der Waals surface area contributed by atoms with E-state index in [4.69, 9.17) is 29.4 Å². The van der Waals surface area contributed by atoms with Crippen LogP contribution in [0.3, 0.4) is 0 Å². The molecule has 0 spiro atoms.